The summed E-state index contributed by atoms with van der Waals surface area (Å²) >= 11 is 3.39. The standard InChI is InChI=1S/C18H14BrF2N5O/c1-10-2-4-11(5-3-10)14-9-15(26-18(22-14)23-24-25-26)13-8-12(19)6-7-16(13)27-17(20)21/h2-9,15,17H,1H3,(H,22,23,25). The van der Waals surface area contributed by atoms with Crippen LogP contribution < -0.4 is 10.1 Å². The topological polar surface area (TPSA) is 64.9 Å². The van der Waals surface area contributed by atoms with Crippen molar-refractivity contribution in [1.29, 1.82) is 0 Å². The van der Waals surface area contributed by atoms with E-state index in [0.29, 0.717) is 11.5 Å². The summed E-state index contributed by atoms with van der Waals surface area (Å²) in [6.45, 7) is -0.925. The number of ether oxygens (including phenoxy) is 1. The van der Waals surface area contributed by atoms with Gasteiger partial charge in [-0.05, 0) is 47.2 Å². The van der Waals surface area contributed by atoms with Crippen molar-refractivity contribution in [2.45, 2.75) is 19.6 Å². The first-order chi connectivity index (χ1) is 13.0. The van der Waals surface area contributed by atoms with Crippen LogP contribution in [-0.4, -0.2) is 26.8 Å². The van der Waals surface area contributed by atoms with Crippen LogP contribution in [0.4, 0.5) is 14.7 Å². The molecule has 0 aliphatic carbocycles. The van der Waals surface area contributed by atoms with E-state index in [9.17, 15) is 8.78 Å². The van der Waals surface area contributed by atoms with Crippen molar-refractivity contribution < 1.29 is 13.5 Å². The zero-order chi connectivity index (χ0) is 19.0. The lowest BCUT2D eigenvalue weighted by molar-refractivity contribution is -0.0506. The number of tetrazole rings is 1. The van der Waals surface area contributed by atoms with Gasteiger partial charge in [0.15, 0.2) is 0 Å². The number of allylic oxidation sites excluding steroid dienone is 1. The highest BCUT2D eigenvalue weighted by Gasteiger charge is 2.27. The molecule has 1 aromatic heterocycles. The number of aromatic nitrogens is 4. The Kier molecular flexibility index (Phi) is 4.61. The van der Waals surface area contributed by atoms with Crippen molar-refractivity contribution in [2.75, 3.05) is 5.32 Å². The lowest BCUT2D eigenvalue weighted by Gasteiger charge is -2.25. The second kappa shape index (κ2) is 7.07. The molecule has 1 atom stereocenters. The molecule has 0 saturated carbocycles. The summed E-state index contributed by atoms with van der Waals surface area (Å²) in [5, 5.41) is 14.9. The lowest BCUT2D eigenvalue weighted by atomic mass is 10.0. The molecule has 2 aromatic carbocycles. The predicted octanol–water partition coefficient (Wildman–Crippen LogP) is 4.40. The predicted molar refractivity (Wildman–Crippen MR) is 99.5 cm³/mol. The largest absolute Gasteiger partial charge is 0.434 e. The second-order valence-electron chi connectivity index (χ2n) is 6.02. The van der Waals surface area contributed by atoms with Gasteiger partial charge in [0.25, 0.3) is 0 Å². The molecule has 138 valence electrons. The average Bonchev–Trinajstić information content (AvgIpc) is 3.11. The number of nitrogens with zero attached hydrogens (tertiary/aromatic N) is 4. The highest BCUT2D eigenvalue weighted by molar-refractivity contribution is 9.10. The van der Waals surface area contributed by atoms with Crippen molar-refractivity contribution in [3.8, 4) is 5.75 Å². The van der Waals surface area contributed by atoms with Crippen LogP contribution in [0.25, 0.3) is 5.70 Å². The summed E-state index contributed by atoms with van der Waals surface area (Å²) in [6, 6.07) is 12.3. The maximum absolute atomic E-state index is 12.9. The molecule has 0 spiro atoms. The minimum Gasteiger partial charge on any atom is -0.434 e. The van der Waals surface area contributed by atoms with Gasteiger partial charge in [-0.25, -0.2) is 0 Å². The molecule has 2 heterocycles. The number of benzene rings is 2. The first kappa shape index (κ1) is 17.6. The van der Waals surface area contributed by atoms with Crippen LogP contribution >= 0.6 is 15.9 Å². The van der Waals surface area contributed by atoms with Gasteiger partial charge in [0, 0.05) is 15.7 Å². The van der Waals surface area contributed by atoms with E-state index < -0.39 is 12.7 Å². The van der Waals surface area contributed by atoms with Gasteiger partial charge >= 0.3 is 6.61 Å². The van der Waals surface area contributed by atoms with E-state index in [0.717, 1.165) is 21.3 Å². The van der Waals surface area contributed by atoms with E-state index in [2.05, 4.69) is 36.8 Å². The quantitative estimate of drug-likeness (QED) is 0.660. The van der Waals surface area contributed by atoms with E-state index in [1.54, 1.807) is 12.1 Å². The molecule has 0 bridgehead atoms. The molecule has 0 amide bonds. The Morgan fingerprint density at radius 1 is 1.19 bits per heavy atom. The Labute approximate surface area is 162 Å². The highest BCUT2D eigenvalue weighted by Crippen LogP contribution is 2.37. The smallest absolute Gasteiger partial charge is 0.387 e. The third kappa shape index (κ3) is 3.55. The molecular weight excluding hydrogens is 420 g/mol. The van der Waals surface area contributed by atoms with Gasteiger partial charge in [0.1, 0.15) is 11.8 Å². The summed E-state index contributed by atoms with van der Waals surface area (Å²) in [5.74, 6) is 0.488. The first-order valence-corrected chi connectivity index (χ1v) is 8.88. The Hall–Kier alpha value is -2.81. The van der Waals surface area contributed by atoms with Gasteiger partial charge in [-0.1, -0.05) is 50.9 Å². The molecule has 1 aliphatic rings. The summed E-state index contributed by atoms with van der Waals surface area (Å²) in [5.41, 5.74) is 3.37. The van der Waals surface area contributed by atoms with Crippen LogP contribution in [0.2, 0.25) is 0 Å². The number of nitrogens with one attached hydrogen (secondary N) is 1. The zero-order valence-corrected chi connectivity index (χ0v) is 15.7. The van der Waals surface area contributed by atoms with Crippen molar-refractivity contribution in [3.63, 3.8) is 0 Å². The minimum atomic E-state index is -2.93. The third-order valence-corrected chi connectivity index (χ3v) is 4.69. The Morgan fingerprint density at radius 2 is 1.96 bits per heavy atom. The Balaban J connectivity index is 1.83. The summed E-state index contributed by atoms with van der Waals surface area (Å²) in [4.78, 5) is 0. The molecule has 27 heavy (non-hydrogen) atoms. The third-order valence-electron chi connectivity index (χ3n) is 4.20. The number of anilines is 1. The maximum atomic E-state index is 12.9. The van der Waals surface area contributed by atoms with Crippen LogP contribution in [0.3, 0.4) is 0 Å². The van der Waals surface area contributed by atoms with Crippen molar-refractivity contribution in [1.82, 2.24) is 20.2 Å². The molecular formula is C18H14BrF2N5O. The van der Waals surface area contributed by atoms with Gasteiger partial charge in [0.05, 0.1) is 0 Å². The molecule has 9 heteroatoms. The molecule has 0 saturated heterocycles. The van der Waals surface area contributed by atoms with Gasteiger partial charge in [-0.2, -0.15) is 13.5 Å². The number of rotatable bonds is 4. The van der Waals surface area contributed by atoms with Gasteiger partial charge in [-0.15, -0.1) is 0 Å². The van der Waals surface area contributed by atoms with Crippen molar-refractivity contribution in [2.24, 2.45) is 0 Å². The molecule has 3 aromatic rings. The fourth-order valence-corrected chi connectivity index (χ4v) is 3.31. The van der Waals surface area contributed by atoms with E-state index in [1.807, 2.05) is 37.3 Å². The monoisotopic (exact) mass is 433 g/mol. The van der Waals surface area contributed by atoms with Crippen molar-refractivity contribution >= 4 is 27.6 Å². The number of halogens is 3. The number of fused-ring (bicyclic) bond motifs is 1. The van der Waals surface area contributed by atoms with Crippen LogP contribution in [0.1, 0.15) is 22.7 Å². The molecule has 0 fully saturated rings. The normalized spacial score (nSPS) is 15.9. The van der Waals surface area contributed by atoms with Crippen molar-refractivity contribution in [3.05, 3.63) is 69.7 Å². The fraction of sp³-hybridized carbons (Fsp3) is 0.167. The number of hydrogen-bond donors (Lipinski definition) is 1. The molecule has 4 rings (SSSR count). The number of alkyl halides is 2. The number of hydrogen-bond acceptors (Lipinski definition) is 5. The van der Waals surface area contributed by atoms with Gasteiger partial charge < -0.3 is 10.1 Å². The first-order valence-electron chi connectivity index (χ1n) is 8.09. The molecule has 6 nitrogen and oxygen atoms in total. The fourth-order valence-electron chi connectivity index (χ4n) is 2.93. The SMILES string of the molecule is Cc1ccc(C2=CC(c3cc(Br)ccc3OC(F)F)n3nnnc3N2)cc1. The maximum Gasteiger partial charge on any atom is 0.387 e. The van der Waals surface area contributed by atoms with Gasteiger partial charge in [-0.3, -0.25) is 0 Å². The summed E-state index contributed by atoms with van der Waals surface area (Å²) in [6.07, 6.45) is 1.88. The van der Waals surface area contributed by atoms with E-state index >= 15 is 0 Å². The highest BCUT2D eigenvalue weighted by atomic mass is 79.9. The Morgan fingerprint density at radius 3 is 2.70 bits per heavy atom. The van der Waals surface area contributed by atoms with Crippen LogP contribution in [0.5, 0.6) is 5.75 Å². The van der Waals surface area contributed by atoms with Crippen LogP contribution in [0.15, 0.2) is 53.0 Å². The average molecular weight is 434 g/mol. The lowest BCUT2D eigenvalue weighted by Crippen LogP contribution is -2.21. The minimum absolute atomic E-state index is 0.0704. The Bertz CT molecular complexity index is 1000. The molecule has 1 N–H and O–H groups in total. The van der Waals surface area contributed by atoms with E-state index in [-0.39, 0.29) is 5.75 Å². The molecule has 1 aliphatic heterocycles. The molecule has 0 radical (unpaired) electrons. The van der Waals surface area contributed by atoms with Crippen LogP contribution in [0, 0.1) is 6.92 Å². The van der Waals surface area contributed by atoms with Gasteiger partial charge in [0.2, 0.25) is 5.95 Å². The second-order valence-corrected chi connectivity index (χ2v) is 6.94. The number of aryl methyl sites for hydroxylation is 1. The van der Waals surface area contributed by atoms with E-state index in [4.69, 9.17) is 4.74 Å². The van der Waals surface area contributed by atoms with Crippen LogP contribution in [-0.2, 0) is 0 Å². The van der Waals surface area contributed by atoms with E-state index in [1.165, 1.54) is 10.7 Å². The molecule has 1 unspecified atom stereocenters. The summed E-state index contributed by atoms with van der Waals surface area (Å²) in [7, 11) is 0. The zero-order valence-electron chi connectivity index (χ0n) is 14.1. The summed E-state index contributed by atoms with van der Waals surface area (Å²) < 4.78 is 32.7.